The number of halogens is 2. The van der Waals surface area contributed by atoms with Crippen LogP contribution in [0.1, 0.15) is 57.9 Å². The number of carbonyl (C=O) groups is 1. The molecule has 12 heteroatoms. The highest BCUT2D eigenvalue weighted by atomic mass is 19.2. The molecule has 1 saturated heterocycles. The van der Waals surface area contributed by atoms with E-state index < -0.39 is 6.97 Å². The Morgan fingerprint density at radius 3 is 2.46 bits per heavy atom. The molecule has 2 aromatic carbocycles. The van der Waals surface area contributed by atoms with Crippen LogP contribution in [0.2, 0.25) is 0 Å². The Hall–Kier alpha value is -5.10. The minimum absolute atomic E-state index is 0.115. The van der Waals surface area contributed by atoms with Crippen LogP contribution in [-0.4, -0.2) is 79.6 Å². The third kappa shape index (κ3) is 6.59. The first-order chi connectivity index (χ1) is 24.1. The van der Waals surface area contributed by atoms with Crippen LogP contribution < -0.4 is 5.32 Å². The molecule has 0 aliphatic carbocycles. The highest BCUT2D eigenvalue weighted by Crippen LogP contribution is 2.34. The molecule has 258 valence electrons. The van der Waals surface area contributed by atoms with Crippen LogP contribution in [-0.2, 0) is 17.9 Å². The molecule has 3 aliphatic rings. The van der Waals surface area contributed by atoms with E-state index in [9.17, 15) is 4.79 Å². The molecule has 1 N–H and O–H groups in total. The van der Waals surface area contributed by atoms with Gasteiger partial charge in [-0.3, -0.25) is 14.7 Å². The van der Waals surface area contributed by atoms with E-state index in [1.165, 1.54) is 5.56 Å². The van der Waals surface area contributed by atoms with Gasteiger partial charge in [0.1, 0.15) is 5.71 Å². The molecule has 4 aromatic rings. The molecule has 1 amide bonds. The number of hydrogen-bond acceptors (Lipinski definition) is 5. The van der Waals surface area contributed by atoms with Crippen molar-refractivity contribution in [3.05, 3.63) is 124 Å². The first kappa shape index (κ1) is 33.4. The van der Waals surface area contributed by atoms with Crippen LogP contribution in [0.5, 0.6) is 0 Å². The van der Waals surface area contributed by atoms with Crippen molar-refractivity contribution < 1.29 is 17.9 Å². The Morgan fingerprint density at radius 1 is 0.980 bits per heavy atom. The average Bonchev–Trinajstić information content (AvgIpc) is 3.75. The number of nitrogens with one attached hydrogen (secondary N) is 1. The summed E-state index contributed by atoms with van der Waals surface area (Å²) in [6.07, 6.45) is 7.47. The highest BCUT2D eigenvalue weighted by Gasteiger charge is 2.52. The number of benzene rings is 2. The number of rotatable bonds is 10. The lowest BCUT2D eigenvalue weighted by molar-refractivity contribution is -0.362. The molecule has 9 nitrogen and oxygen atoms in total. The summed E-state index contributed by atoms with van der Waals surface area (Å²) in [5.74, 6) is -0.186. The number of hydrazone groups is 1. The maximum atomic E-state index is 15.7. The zero-order valence-corrected chi connectivity index (χ0v) is 29.1. The highest BCUT2D eigenvalue weighted by molar-refractivity contribution is 6.58. The van der Waals surface area contributed by atoms with Gasteiger partial charge in [0.15, 0.2) is 5.70 Å². The van der Waals surface area contributed by atoms with Crippen LogP contribution in [0.15, 0.2) is 83.6 Å². The molecule has 50 heavy (non-hydrogen) atoms. The molecular formula is C38H43BF2N8O. The van der Waals surface area contributed by atoms with Crippen LogP contribution in [0.25, 0.3) is 11.8 Å². The number of allylic oxidation sites excluding steroid dienone is 2. The number of carbonyl (C=O) groups excluding carboxylic acids is 1. The van der Waals surface area contributed by atoms with Crippen molar-refractivity contribution in [3.8, 4) is 5.69 Å². The molecule has 1 fully saturated rings. The maximum Gasteiger partial charge on any atom is 0.737 e. The topological polar surface area (TPSA) is 73.7 Å². The number of fused-ring (bicyclic) bond motifs is 2. The SMILES string of the molecule is Cc1cc(C)n2c1C=C1C=CC(CCC(=O)NCc3ccc(-n4nc(C)c(/C=N/N5CCN(Cc6ccccc6)CC5)c4C)cc3)=[N+]1[B-]2(F)F. The second-order valence-corrected chi connectivity index (χ2v) is 13.5. The number of hydrogen-bond donors (Lipinski definition) is 1. The van der Waals surface area contributed by atoms with Crippen molar-refractivity contribution in [2.75, 3.05) is 26.2 Å². The van der Waals surface area contributed by atoms with Gasteiger partial charge in [0, 0.05) is 81.6 Å². The number of amides is 1. The lowest BCUT2D eigenvalue weighted by Crippen LogP contribution is -2.50. The molecule has 7 rings (SSSR count). The predicted molar refractivity (Wildman–Crippen MR) is 195 cm³/mol. The van der Waals surface area contributed by atoms with Crippen LogP contribution in [0.4, 0.5) is 8.63 Å². The predicted octanol–water partition coefficient (Wildman–Crippen LogP) is 5.76. The fourth-order valence-corrected chi connectivity index (χ4v) is 7.27. The molecule has 0 spiro atoms. The Balaban J connectivity index is 0.918. The minimum Gasteiger partial charge on any atom is -0.394 e. The van der Waals surface area contributed by atoms with Crippen molar-refractivity contribution in [3.63, 3.8) is 0 Å². The molecule has 0 bridgehead atoms. The van der Waals surface area contributed by atoms with E-state index >= 15 is 8.63 Å². The normalized spacial score (nSPS) is 17.0. The van der Waals surface area contributed by atoms with Gasteiger partial charge in [-0.15, -0.1) is 0 Å². The molecule has 3 aliphatic heterocycles. The van der Waals surface area contributed by atoms with Crippen molar-refractivity contribution in [1.29, 1.82) is 0 Å². The summed E-state index contributed by atoms with van der Waals surface area (Å²) < 4.78 is 35.5. The molecule has 0 radical (unpaired) electrons. The smallest absolute Gasteiger partial charge is 0.394 e. The standard InChI is InChI=1S/C38H43BF2N8O/c1-27-22-28(2)47-37(27)23-35-15-14-33(48(35)39(47,40)41)16-17-38(50)42-24-31-10-12-34(13-11-31)49-30(4)36(29(3)44-49)25-43-46-20-18-45(19-21-46)26-32-8-6-5-7-9-32/h5-15,22-23,25H,16-21,24,26H2,1-4H3,(H,42,50)/b43-25+. The van der Waals surface area contributed by atoms with E-state index in [1.807, 2.05) is 55.9 Å². The van der Waals surface area contributed by atoms with E-state index in [4.69, 9.17) is 10.2 Å². The zero-order valence-electron chi connectivity index (χ0n) is 29.1. The average molecular weight is 677 g/mol. The molecule has 0 saturated carbocycles. The first-order valence-electron chi connectivity index (χ1n) is 17.3. The summed E-state index contributed by atoms with van der Waals surface area (Å²) in [4.78, 5) is 15.3. The minimum atomic E-state index is -4.04. The summed E-state index contributed by atoms with van der Waals surface area (Å²) in [7, 11) is 0. The Bertz CT molecular complexity index is 2030. The lowest BCUT2D eigenvalue weighted by Gasteiger charge is -2.33. The number of nitrogens with zero attached hydrogens (tertiary/aromatic N) is 7. The zero-order chi connectivity index (χ0) is 35.0. The van der Waals surface area contributed by atoms with E-state index in [2.05, 4.69) is 45.6 Å². The summed E-state index contributed by atoms with van der Waals surface area (Å²) in [6.45, 7) is 8.57. The maximum absolute atomic E-state index is 15.7. The van der Waals surface area contributed by atoms with E-state index in [0.717, 1.165) is 75.5 Å². The van der Waals surface area contributed by atoms with Gasteiger partial charge in [0.05, 0.1) is 23.3 Å². The van der Waals surface area contributed by atoms with E-state index in [-0.39, 0.29) is 18.7 Å². The largest absolute Gasteiger partial charge is 0.737 e. The van der Waals surface area contributed by atoms with Crippen LogP contribution >= 0.6 is 0 Å². The number of piperazine rings is 1. The summed E-state index contributed by atoms with van der Waals surface area (Å²) >= 11 is 0. The van der Waals surface area contributed by atoms with Gasteiger partial charge >= 0.3 is 6.97 Å². The van der Waals surface area contributed by atoms with E-state index in [1.54, 1.807) is 31.2 Å². The molecule has 2 aromatic heterocycles. The summed E-state index contributed by atoms with van der Waals surface area (Å²) in [6, 6.07) is 20.3. The van der Waals surface area contributed by atoms with Gasteiger partial charge in [-0.1, -0.05) is 42.5 Å². The van der Waals surface area contributed by atoms with Gasteiger partial charge in [-0.05, 0) is 68.3 Å². The second kappa shape index (κ2) is 13.7. The van der Waals surface area contributed by atoms with Crippen LogP contribution in [0.3, 0.4) is 0 Å². The molecule has 0 atom stereocenters. The van der Waals surface area contributed by atoms with Crippen molar-refractivity contribution >= 4 is 30.9 Å². The van der Waals surface area contributed by atoms with Gasteiger partial charge in [-0.25, -0.2) is 4.68 Å². The fourth-order valence-electron chi connectivity index (χ4n) is 7.27. The van der Waals surface area contributed by atoms with E-state index in [0.29, 0.717) is 29.3 Å². The van der Waals surface area contributed by atoms with Crippen molar-refractivity contribution in [2.45, 2.75) is 53.6 Å². The van der Waals surface area contributed by atoms with Gasteiger partial charge in [-0.2, -0.15) is 10.2 Å². The van der Waals surface area contributed by atoms with Gasteiger partial charge in [0.2, 0.25) is 5.91 Å². The number of aromatic nitrogens is 3. The van der Waals surface area contributed by atoms with Crippen LogP contribution in [0, 0.1) is 27.7 Å². The van der Waals surface area contributed by atoms with Crippen molar-refractivity contribution in [2.24, 2.45) is 5.10 Å². The Labute approximate surface area is 292 Å². The third-order valence-electron chi connectivity index (χ3n) is 9.98. The number of aryl methyl sites for hydroxylation is 3. The molecular weight excluding hydrogens is 633 g/mol. The summed E-state index contributed by atoms with van der Waals surface area (Å²) in [5, 5.41) is 14.7. The lowest BCUT2D eigenvalue weighted by atomic mass is 9.90. The quantitative estimate of drug-likeness (QED) is 0.172. The van der Waals surface area contributed by atoms with Crippen molar-refractivity contribution in [1.82, 2.24) is 29.5 Å². The fraction of sp³-hybridized carbons (Fsp3) is 0.316. The second-order valence-electron chi connectivity index (χ2n) is 13.5. The first-order valence-corrected chi connectivity index (χ1v) is 17.3. The Morgan fingerprint density at radius 2 is 1.72 bits per heavy atom. The molecule has 0 unspecified atom stereocenters. The Kier molecular flexibility index (Phi) is 9.13. The third-order valence-corrected chi connectivity index (χ3v) is 9.98. The molecule has 5 heterocycles. The monoisotopic (exact) mass is 676 g/mol. The van der Waals surface area contributed by atoms with Gasteiger partial charge in [0.25, 0.3) is 0 Å². The van der Waals surface area contributed by atoms with Gasteiger partial charge < -0.3 is 22.9 Å². The summed E-state index contributed by atoms with van der Waals surface area (Å²) in [5.41, 5.74) is 8.93.